The van der Waals surface area contributed by atoms with Crippen LogP contribution in [0, 0.1) is 0 Å². The van der Waals surface area contributed by atoms with Crippen LogP contribution in [0.2, 0.25) is 0 Å². The number of fused-ring (bicyclic) bond motifs is 15. The van der Waals surface area contributed by atoms with Gasteiger partial charge < -0.3 is 4.57 Å². The van der Waals surface area contributed by atoms with Gasteiger partial charge in [-0.3, -0.25) is 0 Å². The maximum Gasteiger partial charge on any atom is 0.0541 e. The van der Waals surface area contributed by atoms with Gasteiger partial charge >= 0.3 is 0 Å². The predicted molar refractivity (Wildman–Crippen MR) is 433 cm³/mol. The average molecular weight is 1300 g/mol. The second-order valence-electron chi connectivity index (χ2n) is 26.5. The molecule has 19 aromatic rings. The van der Waals surface area contributed by atoms with Gasteiger partial charge in [0.25, 0.3) is 0 Å². The Morgan fingerprint density at radius 2 is 0.550 bits per heavy atom. The molecule has 0 atom stereocenters. The van der Waals surface area contributed by atoms with Crippen molar-refractivity contribution in [2.75, 3.05) is 0 Å². The number of benzene rings is 16. The number of rotatable bonds is 10. The maximum absolute atomic E-state index is 2.51. The van der Waals surface area contributed by atoms with E-state index in [-0.39, 0.29) is 0 Å². The monoisotopic (exact) mass is 1300 g/mol. The summed E-state index contributed by atoms with van der Waals surface area (Å²) in [7, 11) is 0. The summed E-state index contributed by atoms with van der Waals surface area (Å²) in [5, 5.41) is 15.1. The molecule has 1 aliphatic rings. The maximum atomic E-state index is 2.51. The first kappa shape index (κ1) is 58.0. The van der Waals surface area contributed by atoms with Gasteiger partial charge in [-0.05, 0) is 208 Å². The van der Waals surface area contributed by atoms with Crippen molar-refractivity contribution >= 4 is 123 Å². The van der Waals surface area contributed by atoms with Crippen molar-refractivity contribution in [3.05, 3.63) is 364 Å². The van der Waals surface area contributed by atoms with Gasteiger partial charge in [0.15, 0.2) is 0 Å². The molecule has 0 amide bonds. The van der Waals surface area contributed by atoms with Gasteiger partial charge in [0, 0.05) is 79.1 Å². The van der Waals surface area contributed by atoms with Crippen LogP contribution in [0.1, 0.15) is 12.0 Å². The van der Waals surface area contributed by atoms with E-state index in [0.717, 1.165) is 23.1 Å². The van der Waals surface area contributed by atoms with Crippen LogP contribution in [0.3, 0.4) is 0 Å². The molecular weight excluding hydrogens is 1240 g/mol. The minimum Gasteiger partial charge on any atom is -0.309 e. The second-order valence-corrected chi connectivity index (χ2v) is 28.6. The first-order valence-electron chi connectivity index (χ1n) is 34.5. The fourth-order valence-corrected chi connectivity index (χ4v) is 18.6. The van der Waals surface area contributed by atoms with Crippen molar-refractivity contribution in [2.45, 2.75) is 6.42 Å². The van der Waals surface area contributed by atoms with Crippen LogP contribution in [-0.4, -0.2) is 4.57 Å². The van der Waals surface area contributed by atoms with Gasteiger partial charge in [-0.25, -0.2) is 0 Å². The third-order valence-corrected chi connectivity index (χ3v) is 23.3. The van der Waals surface area contributed by atoms with Crippen LogP contribution in [0.15, 0.2) is 358 Å². The summed E-state index contributed by atoms with van der Waals surface area (Å²) in [5.74, 6) is 0. The third kappa shape index (κ3) is 9.72. The van der Waals surface area contributed by atoms with Gasteiger partial charge in [0.05, 0.1) is 11.0 Å². The first-order chi connectivity index (χ1) is 49.6. The molecule has 0 saturated heterocycles. The van der Waals surface area contributed by atoms with Crippen LogP contribution < -0.4 is 0 Å². The Bertz CT molecular complexity index is 6570. The fraction of sp³-hybridized carbons (Fsp3) is 0.0103. The first-order valence-corrected chi connectivity index (χ1v) is 36.1. The molecule has 20 rings (SSSR count). The minimum absolute atomic E-state index is 0.909. The molecule has 0 aliphatic heterocycles. The fourth-order valence-electron chi connectivity index (χ4n) is 15.9. The quantitative estimate of drug-likeness (QED) is 0.120. The van der Waals surface area contributed by atoms with E-state index in [1.165, 1.54) is 184 Å². The Kier molecular flexibility index (Phi) is 13.8. The summed E-state index contributed by atoms with van der Waals surface area (Å²) in [4.78, 5) is 0. The molecule has 0 saturated carbocycles. The Balaban J connectivity index is 0.828. The Morgan fingerprint density at radius 1 is 0.220 bits per heavy atom. The largest absolute Gasteiger partial charge is 0.309 e. The van der Waals surface area contributed by atoms with E-state index >= 15 is 0 Å². The van der Waals surface area contributed by atoms with Crippen molar-refractivity contribution in [3.8, 4) is 94.7 Å². The molecule has 16 aromatic carbocycles. The Hall–Kier alpha value is -12.2. The van der Waals surface area contributed by atoms with Crippen molar-refractivity contribution < 1.29 is 0 Å². The SMILES string of the molecule is C1=CCC=CC(c2cc(-c3ccccc3)cc3c2sc2c(-c4ccc5c(c4)c4cc(-c6cc(-c7ccccc7)cc7c6sc6c(-c8ccccc8)cc(-c8ccccc8)cc67)ccc4n5-c4ccc(-c5ccc6c7ccccc7c7ccccc7c6c5)cc4)cc(-c4ccccc4)cc23)=C1. The van der Waals surface area contributed by atoms with Gasteiger partial charge in [0.1, 0.15) is 0 Å². The van der Waals surface area contributed by atoms with Crippen LogP contribution >= 0.6 is 22.7 Å². The van der Waals surface area contributed by atoms with E-state index in [1.54, 1.807) is 0 Å². The van der Waals surface area contributed by atoms with Crippen molar-refractivity contribution in [1.29, 1.82) is 0 Å². The molecule has 3 heteroatoms. The zero-order chi connectivity index (χ0) is 65.8. The standard InChI is InChI=1S/C97H61NS2/c1-2-9-33-66(32-8-1)81-53-71(61-24-10-3-11-25-61)57-88-90-59-73(63-28-14-5-15-29-63)55-83(96(90)99-94(81)88)69-43-48-92-86(51-69)87-52-70(44-49-93(87)98(92)75-45-40-65(41-46-75)68-42-47-80-78-38-21-20-36-76(78)77-37-22-23-39-79(77)85(80)50-68)84-56-74(64-30-16-6-17-31-64)60-91-89-58-72(62-26-12-4-13-27-62)54-82(95(89)100-97(84)91)67-34-18-7-19-35-67/h1,3-60H,2H2. The molecule has 3 heterocycles. The molecule has 1 nitrogen and oxygen atoms in total. The lowest BCUT2D eigenvalue weighted by Crippen LogP contribution is -1.94. The van der Waals surface area contributed by atoms with Gasteiger partial charge in [-0.15, -0.1) is 22.7 Å². The van der Waals surface area contributed by atoms with E-state index in [2.05, 4.69) is 363 Å². The van der Waals surface area contributed by atoms with Crippen LogP contribution in [0.25, 0.3) is 195 Å². The molecular formula is C97H61NS2. The topological polar surface area (TPSA) is 4.93 Å². The molecule has 0 spiro atoms. The number of hydrogen-bond acceptors (Lipinski definition) is 2. The second kappa shape index (κ2) is 23.8. The van der Waals surface area contributed by atoms with E-state index in [9.17, 15) is 0 Å². The molecule has 0 fully saturated rings. The third-order valence-electron chi connectivity index (χ3n) is 20.7. The highest BCUT2D eigenvalue weighted by Gasteiger charge is 2.24. The minimum atomic E-state index is 0.909. The van der Waals surface area contributed by atoms with Crippen molar-refractivity contribution in [2.24, 2.45) is 0 Å². The van der Waals surface area contributed by atoms with Crippen LogP contribution in [-0.2, 0) is 0 Å². The Morgan fingerprint density at radius 3 is 1.00 bits per heavy atom. The van der Waals surface area contributed by atoms with Gasteiger partial charge in [-0.1, -0.05) is 267 Å². The summed E-state index contributed by atoms with van der Waals surface area (Å²) in [5.41, 5.74) is 25.1. The highest BCUT2D eigenvalue weighted by Crippen LogP contribution is 2.51. The number of aromatic nitrogens is 1. The Labute approximate surface area is 587 Å². The summed E-state index contributed by atoms with van der Waals surface area (Å²) in [6, 6.07) is 123. The van der Waals surface area contributed by atoms with Crippen molar-refractivity contribution in [1.82, 2.24) is 4.57 Å². The zero-order valence-corrected chi connectivity index (χ0v) is 56.2. The summed E-state index contributed by atoms with van der Waals surface area (Å²) < 4.78 is 7.64. The van der Waals surface area contributed by atoms with E-state index in [4.69, 9.17) is 0 Å². The average Bonchev–Trinajstić information content (AvgIpc) is 1.47. The zero-order valence-electron chi connectivity index (χ0n) is 54.5. The lowest BCUT2D eigenvalue weighted by atomic mass is 9.92. The van der Waals surface area contributed by atoms with Gasteiger partial charge in [-0.2, -0.15) is 0 Å². The lowest BCUT2D eigenvalue weighted by Gasteiger charge is -2.13. The molecule has 100 heavy (non-hydrogen) atoms. The lowest BCUT2D eigenvalue weighted by molar-refractivity contribution is 1.18. The summed E-state index contributed by atoms with van der Waals surface area (Å²) in [6.45, 7) is 0. The molecule has 0 bridgehead atoms. The summed E-state index contributed by atoms with van der Waals surface area (Å²) >= 11 is 3.85. The number of hydrogen-bond donors (Lipinski definition) is 0. The highest BCUT2D eigenvalue weighted by molar-refractivity contribution is 7.27. The van der Waals surface area contributed by atoms with Crippen LogP contribution in [0.5, 0.6) is 0 Å². The molecule has 0 N–H and O–H groups in total. The van der Waals surface area contributed by atoms with Crippen molar-refractivity contribution in [3.63, 3.8) is 0 Å². The normalized spacial score (nSPS) is 12.5. The van der Waals surface area contributed by atoms with E-state index in [0.29, 0.717) is 0 Å². The molecule has 0 radical (unpaired) electrons. The smallest absolute Gasteiger partial charge is 0.0541 e. The molecule has 0 unspecified atom stereocenters. The molecule has 466 valence electrons. The molecule has 1 aliphatic carbocycles. The number of allylic oxidation sites excluding steroid dienone is 6. The predicted octanol–water partition coefficient (Wildman–Crippen LogP) is 28.2. The number of nitrogens with zero attached hydrogens (tertiary/aromatic N) is 1. The number of thiophene rings is 2. The summed E-state index contributed by atoms with van der Waals surface area (Å²) in [6.07, 6.45) is 12.3. The van der Waals surface area contributed by atoms with Crippen LogP contribution in [0.4, 0.5) is 0 Å². The highest BCUT2D eigenvalue weighted by atomic mass is 32.1. The van der Waals surface area contributed by atoms with E-state index < -0.39 is 0 Å². The van der Waals surface area contributed by atoms with Gasteiger partial charge in [0.2, 0.25) is 0 Å². The molecule has 3 aromatic heterocycles. The van der Waals surface area contributed by atoms with E-state index in [1.807, 2.05) is 22.7 Å².